The number of benzene rings is 1. The average molecular weight is 342 g/mol. The number of ether oxygens (including phenoxy) is 2. The molecule has 0 unspecified atom stereocenters. The summed E-state index contributed by atoms with van der Waals surface area (Å²) in [5.74, 6) is 1.45. The van der Waals surface area contributed by atoms with E-state index < -0.39 is 0 Å². The molecule has 2 N–H and O–H groups in total. The first-order valence-electron chi connectivity index (χ1n) is 5.90. The van der Waals surface area contributed by atoms with Gasteiger partial charge in [-0.25, -0.2) is 0 Å². The highest BCUT2D eigenvalue weighted by Crippen LogP contribution is 2.31. The van der Waals surface area contributed by atoms with E-state index in [1.54, 1.807) is 18.4 Å². The lowest BCUT2D eigenvalue weighted by Crippen LogP contribution is -2.05. The van der Waals surface area contributed by atoms with E-state index in [0.717, 1.165) is 20.0 Å². The molecule has 19 heavy (non-hydrogen) atoms. The minimum Gasteiger partial charge on any atom is -0.493 e. The quantitative estimate of drug-likeness (QED) is 0.889. The van der Waals surface area contributed by atoms with Gasteiger partial charge in [0, 0.05) is 10.9 Å². The highest BCUT2D eigenvalue weighted by atomic mass is 79.9. The van der Waals surface area contributed by atoms with Crippen molar-refractivity contribution in [2.45, 2.75) is 19.6 Å². The largest absolute Gasteiger partial charge is 0.493 e. The highest BCUT2D eigenvalue weighted by Gasteiger charge is 2.09. The van der Waals surface area contributed by atoms with Crippen LogP contribution in [0.2, 0.25) is 0 Å². The van der Waals surface area contributed by atoms with Crippen molar-refractivity contribution >= 4 is 27.3 Å². The third-order valence-corrected chi connectivity index (χ3v) is 4.31. The Balaban J connectivity index is 2.11. The summed E-state index contributed by atoms with van der Waals surface area (Å²) in [5.41, 5.74) is 6.89. The summed E-state index contributed by atoms with van der Waals surface area (Å²) in [6, 6.07) is 9.82. The molecule has 0 bridgehead atoms. The maximum absolute atomic E-state index is 5.86. The highest BCUT2D eigenvalue weighted by molar-refractivity contribution is 9.11. The summed E-state index contributed by atoms with van der Waals surface area (Å²) in [6.45, 7) is 2.47. The Morgan fingerprint density at radius 3 is 2.63 bits per heavy atom. The van der Waals surface area contributed by atoms with Gasteiger partial charge in [-0.15, -0.1) is 11.3 Å². The Kier molecular flexibility index (Phi) is 4.85. The summed E-state index contributed by atoms with van der Waals surface area (Å²) in [7, 11) is 1.63. The van der Waals surface area contributed by atoms with Crippen LogP contribution in [0.5, 0.6) is 11.5 Å². The third kappa shape index (κ3) is 3.72. The topological polar surface area (TPSA) is 44.5 Å². The lowest BCUT2D eigenvalue weighted by molar-refractivity contribution is 0.287. The van der Waals surface area contributed by atoms with Crippen molar-refractivity contribution in [2.75, 3.05) is 7.11 Å². The molecular weight excluding hydrogens is 326 g/mol. The van der Waals surface area contributed by atoms with Gasteiger partial charge in [0.15, 0.2) is 11.5 Å². The molecule has 102 valence electrons. The van der Waals surface area contributed by atoms with Gasteiger partial charge in [-0.1, -0.05) is 6.07 Å². The van der Waals surface area contributed by atoms with Crippen LogP contribution in [0.1, 0.15) is 23.4 Å². The summed E-state index contributed by atoms with van der Waals surface area (Å²) >= 11 is 5.10. The molecule has 1 atom stereocenters. The first-order chi connectivity index (χ1) is 9.10. The average Bonchev–Trinajstić information content (AvgIpc) is 2.81. The minimum absolute atomic E-state index is 0.0174. The molecule has 3 nitrogen and oxygen atoms in total. The van der Waals surface area contributed by atoms with E-state index in [1.807, 2.05) is 37.3 Å². The third-order valence-electron chi connectivity index (χ3n) is 2.71. The maximum Gasteiger partial charge on any atom is 0.161 e. The molecule has 5 heteroatoms. The summed E-state index contributed by atoms with van der Waals surface area (Å²) in [6.07, 6.45) is 0. The molecule has 2 aromatic rings. The van der Waals surface area contributed by atoms with Gasteiger partial charge in [0.25, 0.3) is 0 Å². The Hall–Kier alpha value is -1.04. The monoisotopic (exact) mass is 341 g/mol. The van der Waals surface area contributed by atoms with Crippen molar-refractivity contribution in [1.82, 2.24) is 0 Å². The van der Waals surface area contributed by atoms with Gasteiger partial charge in [0.05, 0.1) is 10.9 Å². The van der Waals surface area contributed by atoms with Crippen LogP contribution in [0.15, 0.2) is 34.1 Å². The van der Waals surface area contributed by atoms with E-state index >= 15 is 0 Å². The van der Waals surface area contributed by atoms with Crippen molar-refractivity contribution < 1.29 is 9.47 Å². The second kappa shape index (κ2) is 6.41. The lowest BCUT2D eigenvalue weighted by atomic mass is 10.1. The standard InChI is InChI=1S/C14H16BrNO2S/c1-9(16)10-3-5-12(13(7-10)17-2)18-8-11-4-6-14(15)19-11/h3-7,9H,8,16H2,1-2H3/t9-/m0/s1. The molecule has 0 amide bonds. The van der Waals surface area contributed by atoms with Crippen molar-refractivity contribution in [3.05, 3.63) is 44.6 Å². The Morgan fingerprint density at radius 1 is 1.26 bits per heavy atom. The molecule has 1 aromatic heterocycles. The zero-order valence-electron chi connectivity index (χ0n) is 10.9. The molecule has 0 aliphatic heterocycles. The van der Waals surface area contributed by atoms with Crippen LogP contribution in [-0.2, 0) is 6.61 Å². The lowest BCUT2D eigenvalue weighted by Gasteiger charge is -2.13. The second-order valence-electron chi connectivity index (χ2n) is 4.19. The number of methoxy groups -OCH3 is 1. The fraction of sp³-hybridized carbons (Fsp3) is 0.286. The molecule has 1 heterocycles. The fourth-order valence-electron chi connectivity index (χ4n) is 1.66. The van der Waals surface area contributed by atoms with Gasteiger partial charge in [-0.3, -0.25) is 0 Å². The number of thiophene rings is 1. The van der Waals surface area contributed by atoms with Crippen molar-refractivity contribution in [3.8, 4) is 11.5 Å². The van der Waals surface area contributed by atoms with Crippen LogP contribution in [0.3, 0.4) is 0 Å². The van der Waals surface area contributed by atoms with Gasteiger partial charge in [0.2, 0.25) is 0 Å². The number of rotatable bonds is 5. The Labute approximate surface area is 125 Å². The predicted molar refractivity (Wildman–Crippen MR) is 81.9 cm³/mol. The SMILES string of the molecule is COc1cc([C@H](C)N)ccc1OCc1ccc(Br)s1. The van der Waals surface area contributed by atoms with E-state index in [-0.39, 0.29) is 6.04 Å². The van der Waals surface area contributed by atoms with Crippen LogP contribution < -0.4 is 15.2 Å². The van der Waals surface area contributed by atoms with Crippen LogP contribution in [-0.4, -0.2) is 7.11 Å². The summed E-state index contributed by atoms with van der Waals surface area (Å²) in [4.78, 5) is 1.16. The first-order valence-corrected chi connectivity index (χ1v) is 7.51. The summed E-state index contributed by atoms with van der Waals surface area (Å²) in [5, 5.41) is 0. The van der Waals surface area contributed by atoms with Gasteiger partial charge < -0.3 is 15.2 Å². The number of nitrogens with two attached hydrogens (primary N) is 1. The van der Waals surface area contributed by atoms with E-state index in [1.165, 1.54) is 0 Å². The van der Waals surface area contributed by atoms with E-state index in [0.29, 0.717) is 12.4 Å². The normalized spacial score (nSPS) is 12.2. The predicted octanol–water partition coefficient (Wildman–Crippen LogP) is 4.12. The minimum atomic E-state index is -0.0174. The van der Waals surface area contributed by atoms with E-state index in [2.05, 4.69) is 15.9 Å². The Bertz CT molecular complexity index is 554. The maximum atomic E-state index is 5.86. The van der Waals surface area contributed by atoms with Gasteiger partial charge in [-0.05, 0) is 52.7 Å². The molecule has 0 aliphatic carbocycles. The zero-order valence-corrected chi connectivity index (χ0v) is 13.3. The van der Waals surface area contributed by atoms with E-state index in [4.69, 9.17) is 15.2 Å². The molecule has 0 saturated carbocycles. The molecule has 2 rings (SSSR count). The van der Waals surface area contributed by atoms with Crippen LogP contribution >= 0.6 is 27.3 Å². The van der Waals surface area contributed by atoms with Crippen molar-refractivity contribution in [3.63, 3.8) is 0 Å². The molecule has 0 radical (unpaired) electrons. The summed E-state index contributed by atoms with van der Waals surface area (Å²) < 4.78 is 12.2. The van der Waals surface area contributed by atoms with E-state index in [9.17, 15) is 0 Å². The Morgan fingerprint density at radius 2 is 2.05 bits per heavy atom. The van der Waals surface area contributed by atoms with Gasteiger partial charge in [0.1, 0.15) is 6.61 Å². The van der Waals surface area contributed by atoms with Gasteiger partial charge in [-0.2, -0.15) is 0 Å². The first kappa shape index (κ1) is 14.4. The van der Waals surface area contributed by atoms with Crippen molar-refractivity contribution in [1.29, 1.82) is 0 Å². The smallest absolute Gasteiger partial charge is 0.161 e. The molecule has 1 aromatic carbocycles. The number of hydrogen-bond acceptors (Lipinski definition) is 4. The molecule has 0 fully saturated rings. The number of hydrogen-bond donors (Lipinski definition) is 1. The number of halogens is 1. The molecule has 0 aliphatic rings. The molecule has 0 spiro atoms. The fourth-order valence-corrected chi connectivity index (χ4v) is 3.06. The van der Waals surface area contributed by atoms with Gasteiger partial charge >= 0.3 is 0 Å². The zero-order chi connectivity index (χ0) is 13.8. The second-order valence-corrected chi connectivity index (χ2v) is 6.74. The van der Waals surface area contributed by atoms with Crippen LogP contribution in [0.25, 0.3) is 0 Å². The van der Waals surface area contributed by atoms with Crippen molar-refractivity contribution in [2.24, 2.45) is 5.73 Å². The molecule has 0 saturated heterocycles. The van der Waals surface area contributed by atoms with Crippen LogP contribution in [0.4, 0.5) is 0 Å². The molecular formula is C14H16BrNO2S. The van der Waals surface area contributed by atoms with Crippen LogP contribution in [0, 0.1) is 0 Å².